The van der Waals surface area contributed by atoms with Crippen LogP contribution in [0.1, 0.15) is 12.8 Å². The number of thioether (sulfide) groups is 1. The van der Waals surface area contributed by atoms with E-state index in [0.29, 0.717) is 29.0 Å². The number of carbonyl (C=O) groups excluding carboxylic acids is 1. The lowest BCUT2D eigenvalue weighted by Crippen LogP contribution is -2.43. The molecule has 1 aromatic heterocycles. The molecule has 2 heterocycles. The Hall–Kier alpha value is -2.45. The largest absolute Gasteiger partial charge is 0.338 e. The molecule has 1 atom stereocenters. The number of amides is 1. The molecule has 0 bridgehead atoms. The molecule has 2 aromatic carbocycles. The predicted molar refractivity (Wildman–Crippen MR) is 104 cm³/mol. The van der Waals surface area contributed by atoms with Crippen molar-refractivity contribution in [2.24, 2.45) is 5.73 Å². The Morgan fingerprint density at radius 3 is 2.70 bits per heavy atom. The molecular formula is C19H18F2N4OS. The third-order valence-corrected chi connectivity index (χ3v) is 5.88. The number of aromatic nitrogens is 2. The van der Waals surface area contributed by atoms with Gasteiger partial charge in [-0.05, 0) is 36.4 Å². The van der Waals surface area contributed by atoms with E-state index in [1.165, 1.54) is 0 Å². The van der Waals surface area contributed by atoms with Crippen molar-refractivity contribution in [3.05, 3.63) is 48.0 Å². The van der Waals surface area contributed by atoms with Crippen molar-refractivity contribution in [2.75, 3.05) is 16.8 Å². The minimum atomic E-state index is -0.933. The van der Waals surface area contributed by atoms with E-state index in [1.807, 2.05) is 0 Å². The van der Waals surface area contributed by atoms with Crippen LogP contribution in [0.3, 0.4) is 0 Å². The second-order valence-corrected chi connectivity index (χ2v) is 7.94. The Morgan fingerprint density at radius 1 is 1.26 bits per heavy atom. The molecule has 1 amide bonds. The summed E-state index contributed by atoms with van der Waals surface area (Å²) in [5.41, 5.74) is 7.97. The van der Waals surface area contributed by atoms with Crippen molar-refractivity contribution in [1.82, 2.24) is 9.97 Å². The molecule has 4 rings (SSSR count). The van der Waals surface area contributed by atoms with E-state index in [0.717, 1.165) is 35.6 Å². The summed E-state index contributed by atoms with van der Waals surface area (Å²) in [5, 5.41) is 2.86. The number of nitrogens with two attached hydrogens (primary N) is 1. The van der Waals surface area contributed by atoms with E-state index >= 15 is 0 Å². The number of rotatable bonds is 4. The summed E-state index contributed by atoms with van der Waals surface area (Å²) in [6.07, 6.45) is 1.14. The van der Waals surface area contributed by atoms with Crippen LogP contribution in [-0.4, -0.2) is 32.9 Å². The molecule has 5 nitrogen and oxygen atoms in total. The van der Waals surface area contributed by atoms with Gasteiger partial charge in [0, 0.05) is 41.1 Å². The van der Waals surface area contributed by atoms with E-state index < -0.39 is 17.2 Å². The zero-order chi connectivity index (χ0) is 19.0. The van der Waals surface area contributed by atoms with Crippen molar-refractivity contribution >= 4 is 34.4 Å². The number of H-pyrrole nitrogens is 1. The average Bonchev–Trinajstić information content (AvgIpc) is 3.22. The van der Waals surface area contributed by atoms with Gasteiger partial charge in [0.1, 0.15) is 5.82 Å². The van der Waals surface area contributed by atoms with Crippen LogP contribution in [0.2, 0.25) is 0 Å². The predicted octanol–water partition coefficient (Wildman–Crippen LogP) is 3.67. The lowest BCUT2D eigenvalue weighted by Gasteiger charge is -2.21. The molecule has 1 saturated heterocycles. The van der Waals surface area contributed by atoms with Crippen LogP contribution in [-0.2, 0) is 4.79 Å². The van der Waals surface area contributed by atoms with Gasteiger partial charge in [0.25, 0.3) is 0 Å². The van der Waals surface area contributed by atoms with Gasteiger partial charge in [-0.25, -0.2) is 13.8 Å². The summed E-state index contributed by atoms with van der Waals surface area (Å²) in [6.45, 7) is 0. The fourth-order valence-corrected chi connectivity index (χ4v) is 4.49. The highest BCUT2D eigenvalue weighted by atomic mass is 32.2. The van der Waals surface area contributed by atoms with Gasteiger partial charge in [-0.2, -0.15) is 11.8 Å². The highest BCUT2D eigenvalue weighted by Gasteiger charge is 2.32. The molecule has 1 fully saturated rings. The standard InChI is InChI=1S/C19H18F2N4OS/c20-13-7-15-16(8-14(13)21)25-18(24-15)11-1-3-12(4-2-11)23-17(26)9-19(22)5-6-27-10-19/h1-4,7-8H,5-6,9-10,22H2,(H,23,26)(H,24,25). The number of hydrogen-bond acceptors (Lipinski definition) is 4. The van der Waals surface area contributed by atoms with E-state index in [1.54, 1.807) is 36.0 Å². The minimum absolute atomic E-state index is 0.109. The fourth-order valence-electron chi connectivity index (χ4n) is 3.14. The maximum Gasteiger partial charge on any atom is 0.226 e. The monoisotopic (exact) mass is 388 g/mol. The van der Waals surface area contributed by atoms with E-state index in [2.05, 4.69) is 15.3 Å². The van der Waals surface area contributed by atoms with Gasteiger partial charge in [-0.1, -0.05) is 0 Å². The lowest BCUT2D eigenvalue weighted by molar-refractivity contribution is -0.117. The molecule has 4 N–H and O–H groups in total. The number of anilines is 1. The molecule has 3 aromatic rings. The van der Waals surface area contributed by atoms with Crippen molar-refractivity contribution in [2.45, 2.75) is 18.4 Å². The van der Waals surface area contributed by atoms with Gasteiger partial charge in [0.05, 0.1) is 11.0 Å². The lowest BCUT2D eigenvalue weighted by atomic mass is 9.95. The fraction of sp³-hybridized carbons (Fsp3) is 0.263. The molecule has 0 radical (unpaired) electrons. The highest BCUT2D eigenvalue weighted by molar-refractivity contribution is 7.99. The number of benzene rings is 2. The number of imidazole rings is 1. The molecule has 140 valence electrons. The first-order valence-corrected chi connectivity index (χ1v) is 9.69. The second-order valence-electron chi connectivity index (χ2n) is 6.84. The third kappa shape index (κ3) is 3.81. The van der Waals surface area contributed by atoms with Crippen molar-refractivity contribution in [3.63, 3.8) is 0 Å². The Bertz CT molecular complexity index is 958. The molecule has 27 heavy (non-hydrogen) atoms. The minimum Gasteiger partial charge on any atom is -0.338 e. The molecule has 0 saturated carbocycles. The zero-order valence-electron chi connectivity index (χ0n) is 14.4. The first-order valence-electron chi connectivity index (χ1n) is 8.54. The van der Waals surface area contributed by atoms with Crippen LogP contribution in [0.15, 0.2) is 36.4 Å². The first-order chi connectivity index (χ1) is 12.9. The van der Waals surface area contributed by atoms with Crippen LogP contribution < -0.4 is 11.1 Å². The Labute approximate surface area is 158 Å². The SMILES string of the molecule is NC1(CC(=O)Nc2ccc(-c3nc4cc(F)c(F)cc4[nH]3)cc2)CCSC1. The highest BCUT2D eigenvalue weighted by Crippen LogP contribution is 2.29. The van der Waals surface area contributed by atoms with Crippen LogP contribution in [0, 0.1) is 11.6 Å². The smallest absolute Gasteiger partial charge is 0.226 e. The van der Waals surface area contributed by atoms with Crippen LogP contribution in [0.5, 0.6) is 0 Å². The summed E-state index contributed by atoms with van der Waals surface area (Å²) < 4.78 is 26.7. The summed E-state index contributed by atoms with van der Waals surface area (Å²) in [5.74, 6) is 0.321. The van der Waals surface area contributed by atoms with Gasteiger partial charge < -0.3 is 16.0 Å². The second kappa shape index (κ2) is 6.94. The van der Waals surface area contributed by atoms with E-state index in [4.69, 9.17) is 5.73 Å². The Kier molecular flexibility index (Phi) is 4.61. The number of fused-ring (bicyclic) bond motifs is 1. The molecule has 1 aliphatic heterocycles. The molecule has 1 aliphatic rings. The Balaban J connectivity index is 1.48. The molecule has 8 heteroatoms. The summed E-state index contributed by atoms with van der Waals surface area (Å²) in [4.78, 5) is 19.5. The maximum atomic E-state index is 13.3. The van der Waals surface area contributed by atoms with Crippen molar-refractivity contribution in [3.8, 4) is 11.4 Å². The number of halogens is 2. The van der Waals surface area contributed by atoms with Gasteiger partial charge in [0.2, 0.25) is 5.91 Å². The van der Waals surface area contributed by atoms with E-state index in [9.17, 15) is 13.6 Å². The normalized spacial score (nSPS) is 19.5. The summed E-state index contributed by atoms with van der Waals surface area (Å²) >= 11 is 1.77. The quantitative estimate of drug-likeness (QED) is 0.637. The zero-order valence-corrected chi connectivity index (χ0v) is 15.2. The summed E-state index contributed by atoms with van der Waals surface area (Å²) in [6, 6.07) is 9.22. The number of carbonyl (C=O) groups is 1. The average molecular weight is 388 g/mol. The van der Waals surface area contributed by atoms with Gasteiger partial charge in [-0.15, -0.1) is 0 Å². The van der Waals surface area contributed by atoms with E-state index in [-0.39, 0.29) is 5.91 Å². The number of hydrogen-bond donors (Lipinski definition) is 3. The maximum absolute atomic E-state index is 13.3. The number of aromatic amines is 1. The van der Waals surface area contributed by atoms with Gasteiger partial charge in [0.15, 0.2) is 11.6 Å². The molecule has 1 unspecified atom stereocenters. The summed E-state index contributed by atoms with van der Waals surface area (Å²) in [7, 11) is 0. The van der Waals surface area contributed by atoms with Crippen molar-refractivity contribution < 1.29 is 13.6 Å². The van der Waals surface area contributed by atoms with Crippen LogP contribution in [0.25, 0.3) is 22.4 Å². The van der Waals surface area contributed by atoms with Gasteiger partial charge >= 0.3 is 0 Å². The third-order valence-electron chi connectivity index (χ3n) is 4.61. The first kappa shape index (κ1) is 17.9. The van der Waals surface area contributed by atoms with Crippen molar-refractivity contribution in [1.29, 1.82) is 0 Å². The van der Waals surface area contributed by atoms with Crippen LogP contribution in [0.4, 0.5) is 14.5 Å². The molecular weight excluding hydrogens is 370 g/mol. The Morgan fingerprint density at radius 2 is 2.00 bits per heavy atom. The topological polar surface area (TPSA) is 83.8 Å². The van der Waals surface area contributed by atoms with Gasteiger partial charge in [-0.3, -0.25) is 4.79 Å². The van der Waals surface area contributed by atoms with Crippen LogP contribution >= 0.6 is 11.8 Å². The molecule has 0 aliphatic carbocycles. The number of nitrogens with zero attached hydrogens (tertiary/aromatic N) is 1. The number of nitrogens with one attached hydrogen (secondary N) is 2. The molecule has 0 spiro atoms.